The van der Waals surface area contributed by atoms with Crippen LogP contribution in [0.15, 0.2) is 24.3 Å². The lowest BCUT2D eigenvalue weighted by atomic mass is 10.3. The van der Waals surface area contributed by atoms with Gasteiger partial charge in [-0.25, -0.2) is 12.7 Å². The largest absolute Gasteiger partial charge is 0.370 e. The van der Waals surface area contributed by atoms with E-state index in [-0.39, 0.29) is 6.04 Å². The Morgan fingerprint density at radius 1 is 1.33 bits per heavy atom. The smallest absolute Gasteiger partial charge is 0.211 e. The maximum Gasteiger partial charge on any atom is 0.211 e. The second-order valence-electron chi connectivity index (χ2n) is 4.64. The summed E-state index contributed by atoms with van der Waals surface area (Å²) in [6.45, 7) is 1.59. The summed E-state index contributed by atoms with van der Waals surface area (Å²) >= 11 is 5.85. The van der Waals surface area contributed by atoms with E-state index in [0.717, 1.165) is 25.2 Å². The molecular weight excluding hydrogens is 272 g/mol. The molecule has 0 saturated carbocycles. The van der Waals surface area contributed by atoms with Crippen LogP contribution in [0.25, 0.3) is 0 Å². The van der Waals surface area contributed by atoms with Gasteiger partial charge in [-0.05, 0) is 30.7 Å². The Morgan fingerprint density at radius 3 is 2.50 bits per heavy atom. The molecule has 0 spiro atoms. The van der Waals surface area contributed by atoms with E-state index in [0.29, 0.717) is 5.02 Å². The van der Waals surface area contributed by atoms with E-state index in [1.54, 1.807) is 7.05 Å². The van der Waals surface area contributed by atoms with Gasteiger partial charge < -0.3 is 4.90 Å². The van der Waals surface area contributed by atoms with Crippen molar-refractivity contribution in [1.29, 1.82) is 0 Å². The summed E-state index contributed by atoms with van der Waals surface area (Å²) in [5.41, 5.74) is 1.09. The number of halogens is 1. The first-order valence-corrected chi connectivity index (χ1v) is 8.04. The van der Waals surface area contributed by atoms with Gasteiger partial charge in [0.1, 0.15) is 0 Å². The molecule has 6 heteroatoms. The van der Waals surface area contributed by atoms with Gasteiger partial charge in [-0.15, -0.1) is 0 Å². The van der Waals surface area contributed by atoms with Crippen LogP contribution in [0.3, 0.4) is 0 Å². The molecule has 1 aliphatic heterocycles. The van der Waals surface area contributed by atoms with Crippen LogP contribution in [-0.2, 0) is 10.0 Å². The maximum atomic E-state index is 11.5. The molecule has 2 rings (SSSR count). The van der Waals surface area contributed by atoms with E-state index < -0.39 is 10.0 Å². The minimum Gasteiger partial charge on any atom is -0.370 e. The average molecular weight is 289 g/mol. The van der Waals surface area contributed by atoms with Crippen LogP contribution in [0.1, 0.15) is 6.42 Å². The number of benzene rings is 1. The summed E-state index contributed by atoms with van der Waals surface area (Å²) in [6, 6.07) is 7.68. The van der Waals surface area contributed by atoms with Gasteiger partial charge in [-0.2, -0.15) is 0 Å². The number of hydrogen-bond donors (Lipinski definition) is 0. The van der Waals surface area contributed by atoms with Gasteiger partial charge in [-0.3, -0.25) is 0 Å². The first-order chi connectivity index (χ1) is 8.38. The van der Waals surface area contributed by atoms with Gasteiger partial charge in [-0.1, -0.05) is 11.6 Å². The molecule has 1 aromatic rings. The van der Waals surface area contributed by atoms with E-state index in [2.05, 4.69) is 4.90 Å². The first-order valence-electron chi connectivity index (χ1n) is 5.81. The van der Waals surface area contributed by atoms with Crippen molar-refractivity contribution in [1.82, 2.24) is 4.31 Å². The fourth-order valence-corrected chi connectivity index (χ4v) is 3.04. The molecule has 0 bridgehead atoms. The van der Waals surface area contributed by atoms with Gasteiger partial charge in [0.25, 0.3) is 0 Å². The Balaban J connectivity index is 2.07. The molecule has 1 heterocycles. The van der Waals surface area contributed by atoms with E-state index >= 15 is 0 Å². The third-order valence-corrected chi connectivity index (χ3v) is 4.99. The highest BCUT2D eigenvalue weighted by Crippen LogP contribution is 2.24. The van der Waals surface area contributed by atoms with Crippen LogP contribution < -0.4 is 4.90 Å². The van der Waals surface area contributed by atoms with E-state index in [9.17, 15) is 8.42 Å². The zero-order valence-corrected chi connectivity index (χ0v) is 12.1. The molecule has 1 saturated heterocycles. The molecule has 1 aromatic carbocycles. The Morgan fingerprint density at radius 2 is 1.94 bits per heavy atom. The Bertz CT molecular complexity index is 515. The molecule has 1 fully saturated rings. The molecule has 1 atom stereocenters. The predicted octanol–water partition coefficient (Wildman–Crippen LogP) is 1.81. The molecule has 18 heavy (non-hydrogen) atoms. The Kier molecular flexibility index (Phi) is 3.84. The van der Waals surface area contributed by atoms with Crippen LogP contribution in [0.4, 0.5) is 5.69 Å². The van der Waals surface area contributed by atoms with Crippen molar-refractivity contribution in [2.45, 2.75) is 12.5 Å². The number of hydrogen-bond acceptors (Lipinski definition) is 3. The standard InChI is InChI=1S/C12H17ClN2O2S/c1-14(18(2,16)17)12-7-8-15(9-12)11-5-3-10(13)4-6-11/h3-6,12H,7-9H2,1-2H3/t12-/m1/s1. The third-order valence-electron chi connectivity index (χ3n) is 3.39. The minimum atomic E-state index is -3.11. The number of sulfonamides is 1. The summed E-state index contributed by atoms with van der Waals surface area (Å²) in [6.07, 6.45) is 2.10. The molecule has 100 valence electrons. The van der Waals surface area contributed by atoms with Crippen LogP contribution in [-0.4, -0.2) is 45.2 Å². The Labute approximate surface area is 113 Å². The topological polar surface area (TPSA) is 40.6 Å². The van der Waals surface area contributed by atoms with Crippen molar-refractivity contribution in [2.24, 2.45) is 0 Å². The predicted molar refractivity (Wildman–Crippen MR) is 74.7 cm³/mol. The van der Waals surface area contributed by atoms with Gasteiger partial charge in [0.05, 0.1) is 6.26 Å². The van der Waals surface area contributed by atoms with Crippen molar-refractivity contribution < 1.29 is 8.42 Å². The zero-order chi connectivity index (χ0) is 13.3. The summed E-state index contributed by atoms with van der Waals surface area (Å²) in [5.74, 6) is 0. The Hall–Kier alpha value is -0.780. The van der Waals surface area contributed by atoms with Crippen LogP contribution >= 0.6 is 11.6 Å². The average Bonchev–Trinajstić information content (AvgIpc) is 2.77. The molecule has 0 aromatic heterocycles. The second-order valence-corrected chi connectivity index (χ2v) is 7.12. The van der Waals surface area contributed by atoms with Crippen molar-refractivity contribution in [3.8, 4) is 0 Å². The monoisotopic (exact) mass is 288 g/mol. The SMILES string of the molecule is CN([C@@H]1CCN(c2ccc(Cl)cc2)C1)S(C)(=O)=O. The minimum absolute atomic E-state index is 0.0516. The number of rotatable bonds is 3. The van der Waals surface area contributed by atoms with E-state index in [4.69, 9.17) is 11.6 Å². The van der Waals surface area contributed by atoms with E-state index in [1.165, 1.54) is 10.6 Å². The van der Waals surface area contributed by atoms with Crippen molar-refractivity contribution >= 4 is 27.3 Å². The van der Waals surface area contributed by atoms with Gasteiger partial charge >= 0.3 is 0 Å². The fraction of sp³-hybridized carbons (Fsp3) is 0.500. The van der Waals surface area contributed by atoms with Crippen molar-refractivity contribution in [2.75, 3.05) is 31.3 Å². The molecular formula is C12H17ClN2O2S. The third kappa shape index (κ3) is 2.96. The first kappa shape index (κ1) is 13.6. The number of anilines is 1. The maximum absolute atomic E-state index is 11.5. The summed E-state index contributed by atoms with van der Waals surface area (Å²) in [5, 5.41) is 0.711. The zero-order valence-electron chi connectivity index (χ0n) is 10.5. The lowest BCUT2D eigenvalue weighted by Crippen LogP contribution is -2.38. The quantitative estimate of drug-likeness (QED) is 0.852. The lowest BCUT2D eigenvalue weighted by Gasteiger charge is -2.23. The fourth-order valence-electron chi connectivity index (χ4n) is 2.20. The van der Waals surface area contributed by atoms with Gasteiger partial charge in [0.2, 0.25) is 10.0 Å². The summed E-state index contributed by atoms with van der Waals surface area (Å²) in [7, 11) is -1.47. The van der Waals surface area contributed by atoms with Crippen molar-refractivity contribution in [3.63, 3.8) is 0 Å². The van der Waals surface area contributed by atoms with Crippen LogP contribution in [0.5, 0.6) is 0 Å². The second kappa shape index (κ2) is 5.07. The molecule has 0 amide bonds. The van der Waals surface area contributed by atoms with Gasteiger partial charge in [0.15, 0.2) is 0 Å². The van der Waals surface area contributed by atoms with E-state index in [1.807, 2.05) is 24.3 Å². The summed E-state index contributed by atoms with van der Waals surface area (Å²) in [4.78, 5) is 2.18. The lowest BCUT2D eigenvalue weighted by molar-refractivity contribution is 0.393. The molecule has 0 unspecified atom stereocenters. The van der Waals surface area contributed by atoms with Crippen LogP contribution in [0.2, 0.25) is 5.02 Å². The normalized spacial score (nSPS) is 20.7. The van der Waals surface area contributed by atoms with Gasteiger partial charge in [0, 0.05) is 36.9 Å². The van der Waals surface area contributed by atoms with Crippen molar-refractivity contribution in [3.05, 3.63) is 29.3 Å². The highest BCUT2D eigenvalue weighted by Gasteiger charge is 2.30. The number of nitrogens with zero attached hydrogens (tertiary/aromatic N) is 2. The highest BCUT2D eigenvalue weighted by atomic mass is 35.5. The van der Waals surface area contributed by atoms with Crippen LogP contribution in [0, 0.1) is 0 Å². The molecule has 0 N–H and O–H groups in total. The molecule has 1 aliphatic rings. The number of likely N-dealkylation sites (N-methyl/N-ethyl adjacent to an activating group) is 1. The highest BCUT2D eigenvalue weighted by molar-refractivity contribution is 7.88. The molecule has 0 aliphatic carbocycles. The summed E-state index contributed by atoms with van der Waals surface area (Å²) < 4.78 is 24.5. The molecule has 0 radical (unpaired) electrons. The molecule has 4 nitrogen and oxygen atoms in total.